The van der Waals surface area contributed by atoms with E-state index < -0.39 is 22.8 Å². The van der Waals surface area contributed by atoms with Crippen molar-refractivity contribution in [2.24, 2.45) is 0 Å². The van der Waals surface area contributed by atoms with Gasteiger partial charge in [0.25, 0.3) is 11.5 Å². The molecule has 0 fully saturated rings. The van der Waals surface area contributed by atoms with E-state index in [0.29, 0.717) is 31.9 Å². The number of nitrogens with one attached hydrogen (secondary N) is 2. The molecule has 8 nitrogen and oxygen atoms in total. The SMILES string of the molecule is CC1(C)OCCn2c1nc(C(=O)NCCc1c[nH]c3c1C=CCC3)c(O)c2=O. The molecule has 0 saturated heterocycles. The van der Waals surface area contributed by atoms with Crippen LogP contribution in [-0.4, -0.2) is 38.7 Å². The van der Waals surface area contributed by atoms with E-state index in [9.17, 15) is 14.7 Å². The van der Waals surface area contributed by atoms with Crippen molar-refractivity contribution in [2.45, 2.75) is 45.3 Å². The number of carbonyl (C=O) groups excluding carboxylic acids is 1. The van der Waals surface area contributed by atoms with Crippen molar-refractivity contribution >= 4 is 12.0 Å². The van der Waals surface area contributed by atoms with Crippen molar-refractivity contribution in [2.75, 3.05) is 13.2 Å². The van der Waals surface area contributed by atoms with Gasteiger partial charge in [0.05, 0.1) is 13.2 Å². The third-order valence-corrected chi connectivity index (χ3v) is 5.29. The van der Waals surface area contributed by atoms with Gasteiger partial charge in [-0.3, -0.25) is 14.2 Å². The number of carbonyl (C=O) groups is 1. The maximum atomic E-state index is 12.6. The predicted octanol–water partition coefficient (Wildman–Crippen LogP) is 1.47. The van der Waals surface area contributed by atoms with Crippen LogP contribution in [0.1, 0.15) is 53.4 Å². The van der Waals surface area contributed by atoms with E-state index in [0.717, 1.165) is 18.4 Å². The highest BCUT2D eigenvalue weighted by Gasteiger charge is 2.34. The summed E-state index contributed by atoms with van der Waals surface area (Å²) in [6.07, 6.45) is 8.88. The van der Waals surface area contributed by atoms with Gasteiger partial charge in [0.15, 0.2) is 5.69 Å². The predicted molar refractivity (Wildman–Crippen MR) is 103 cm³/mol. The standard InChI is InChI=1S/C20H24N4O4/c1-20(2)19-23-15(16(25)18(27)24(19)9-10-28-20)17(26)21-8-7-12-11-22-14-6-4-3-5-13(12)14/h3,5,11,22,25H,4,6-10H2,1-2H3,(H,21,26). The minimum absolute atomic E-state index is 0.259. The molecular weight excluding hydrogens is 360 g/mol. The van der Waals surface area contributed by atoms with E-state index in [-0.39, 0.29) is 5.69 Å². The molecule has 0 unspecified atom stereocenters. The summed E-state index contributed by atoms with van der Waals surface area (Å²) in [5.74, 6) is -0.850. The fourth-order valence-electron chi connectivity index (χ4n) is 3.79. The van der Waals surface area contributed by atoms with Crippen molar-refractivity contribution in [1.82, 2.24) is 19.9 Å². The first-order valence-corrected chi connectivity index (χ1v) is 9.50. The molecule has 2 aromatic rings. The fourth-order valence-corrected chi connectivity index (χ4v) is 3.79. The number of hydrogen-bond donors (Lipinski definition) is 3. The van der Waals surface area contributed by atoms with Crippen LogP contribution in [0.2, 0.25) is 0 Å². The molecule has 0 bridgehead atoms. The molecule has 1 amide bonds. The summed E-state index contributed by atoms with van der Waals surface area (Å²) in [5.41, 5.74) is 1.85. The summed E-state index contributed by atoms with van der Waals surface area (Å²) < 4.78 is 7.03. The van der Waals surface area contributed by atoms with Crippen LogP contribution in [0.3, 0.4) is 0 Å². The molecule has 0 saturated carbocycles. The number of hydrogen-bond acceptors (Lipinski definition) is 5. The van der Waals surface area contributed by atoms with Crippen LogP contribution >= 0.6 is 0 Å². The van der Waals surface area contributed by atoms with E-state index >= 15 is 0 Å². The largest absolute Gasteiger partial charge is 0.501 e. The molecule has 1 aliphatic carbocycles. The van der Waals surface area contributed by atoms with E-state index in [2.05, 4.69) is 27.4 Å². The van der Waals surface area contributed by atoms with Gasteiger partial charge in [-0.15, -0.1) is 0 Å². The number of aromatic amines is 1. The Labute approximate surface area is 162 Å². The zero-order valence-electron chi connectivity index (χ0n) is 16.0. The van der Waals surface area contributed by atoms with E-state index in [1.54, 1.807) is 13.8 Å². The Balaban J connectivity index is 1.51. The topological polar surface area (TPSA) is 109 Å². The van der Waals surface area contributed by atoms with Crippen molar-refractivity contribution < 1.29 is 14.6 Å². The third kappa shape index (κ3) is 3.13. The Kier molecular flexibility index (Phi) is 4.58. The van der Waals surface area contributed by atoms with Gasteiger partial charge in [0.2, 0.25) is 5.75 Å². The van der Waals surface area contributed by atoms with E-state index in [1.807, 2.05) is 6.20 Å². The van der Waals surface area contributed by atoms with Crippen molar-refractivity contribution in [3.05, 3.63) is 51.0 Å². The van der Waals surface area contributed by atoms with Gasteiger partial charge in [-0.2, -0.15) is 0 Å². The van der Waals surface area contributed by atoms with Gasteiger partial charge in [-0.05, 0) is 44.2 Å². The minimum Gasteiger partial charge on any atom is -0.501 e. The Morgan fingerprint density at radius 3 is 3.11 bits per heavy atom. The summed E-state index contributed by atoms with van der Waals surface area (Å²) >= 11 is 0. The third-order valence-electron chi connectivity index (χ3n) is 5.29. The number of ether oxygens (including phenoxy) is 1. The van der Waals surface area contributed by atoms with Crippen LogP contribution in [0.5, 0.6) is 5.75 Å². The lowest BCUT2D eigenvalue weighted by Gasteiger charge is -2.32. The molecule has 4 rings (SSSR count). The second-order valence-corrected chi connectivity index (χ2v) is 7.60. The average Bonchev–Trinajstić information content (AvgIpc) is 3.08. The van der Waals surface area contributed by atoms with Crippen LogP contribution in [0.25, 0.3) is 6.08 Å². The van der Waals surface area contributed by atoms with Crippen molar-refractivity contribution in [3.63, 3.8) is 0 Å². The normalized spacial score (nSPS) is 17.1. The lowest BCUT2D eigenvalue weighted by molar-refractivity contribution is -0.0566. The van der Waals surface area contributed by atoms with Gasteiger partial charge in [0, 0.05) is 18.4 Å². The van der Waals surface area contributed by atoms with E-state index in [4.69, 9.17) is 4.74 Å². The second-order valence-electron chi connectivity index (χ2n) is 7.60. The summed E-state index contributed by atoms with van der Waals surface area (Å²) in [7, 11) is 0. The minimum atomic E-state index is -0.809. The maximum absolute atomic E-state index is 12.6. The fraction of sp³-hybridized carbons (Fsp3) is 0.450. The van der Waals surface area contributed by atoms with Crippen LogP contribution in [-0.2, 0) is 29.7 Å². The monoisotopic (exact) mass is 384 g/mol. The number of amides is 1. The zero-order chi connectivity index (χ0) is 19.9. The van der Waals surface area contributed by atoms with Gasteiger partial charge in [0.1, 0.15) is 11.4 Å². The van der Waals surface area contributed by atoms with Crippen LogP contribution in [0.15, 0.2) is 17.1 Å². The Bertz CT molecular complexity index is 1020. The highest BCUT2D eigenvalue weighted by Crippen LogP contribution is 2.27. The first-order chi connectivity index (χ1) is 13.4. The highest BCUT2D eigenvalue weighted by molar-refractivity contribution is 5.94. The number of nitrogens with zero attached hydrogens (tertiary/aromatic N) is 2. The summed E-state index contributed by atoms with van der Waals surface area (Å²) in [4.78, 5) is 32.6. The molecule has 2 aromatic heterocycles. The average molecular weight is 384 g/mol. The van der Waals surface area contributed by atoms with E-state index in [1.165, 1.54) is 15.8 Å². The highest BCUT2D eigenvalue weighted by atomic mass is 16.5. The van der Waals surface area contributed by atoms with Gasteiger partial charge >= 0.3 is 0 Å². The first-order valence-electron chi connectivity index (χ1n) is 9.50. The van der Waals surface area contributed by atoms with Crippen LogP contribution < -0.4 is 10.9 Å². The summed E-state index contributed by atoms with van der Waals surface area (Å²) in [6.45, 7) is 4.59. The summed E-state index contributed by atoms with van der Waals surface area (Å²) in [5, 5.41) is 13.0. The van der Waals surface area contributed by atoms with Crippen LogP contribution in [0.4, 0.5) is 0 Å². The number of fused-ring (bicyclic) bond motifs is 2. The number of aromatic hydroxyl groups is 1. The van der Waals surface area contributed by atoms with Gasteiger partial charge in [-0.25, -0.2) is 4.98 Å². The summed E-state index contributed by atoms with van der Waals surface area (Å²) in [6, 6.07) is 0. The molecule has 3 heterocycles. The number of aromatic nitrogens is 3. The Morgan fingerprint density at radius 1 is 1.46 bits per heavy atom. The Morgan fingerprint density at radius 2 is 2.29 bits per heavy atom. The van der Waals surface area contributed by atoms with Crippen molar-refractivity contribution in [3.8, 4) is 5.75 Å². The quantitative estimate of drug-likeness (QED) is 0.740. The maximum Gasteiger partial charge on any atom is 0.296 e. The molecule has 28 heavy (non-hydrogen) atoms. The number of allylic oxidation sites excluding steroid dienone is 1. The van der Waals surface area contributed by atoms with Crippen molar-refractivity contribution in [1.29, 1.82) is 0 Å². The lowest BCUT2D eigenvalue weighted by atomic mass is 10.0. The number of H-pyrrole nitrogens is 1. The molecule has 8 heteroatoms. The van der Waals surface area contributed by atoms with Gasteiger partial charge in [-0.1, -0.05) is 12.2 Å². The number of aryl methyl sites for hydroxylation is 1. The molecule has 0 spiro atoms. The number of rotatable bonds is 4. The lowest BCUT2D eigenvalue weighted by Crippen LogP contribution is -2.42. The molecule has 0 atom stereocenters. The van der Waals surface area contributed by atoms with Gasteiger partial charge < -0.3 is 20.1 Å². The van der Waals surface area contributed by atoms with Crippen LogP contribution in [0, 0.1) is 0 Å². The first kappa shape index (κ1) is 18.5. The molecule has 0 radical (unpaired) electrons. The molecular formula is C20H24N4O4. The molecule has 2 aliphatic rings. The second kappa shape index (κ2) is 6.94. The molecule has 3 N–H and O–H groups in total. The smallest absolute Gasteiger partial charge is 0.296 e. The molecule has 148 valence electrons. The molecule has 0 aromatic carbocycles. The zero-order valence-corrected chi connectivity index (χ0v) is 16.0. The molecule has 1 aliphatic heterocycles. The Hall–Kier alpha value is -2.87.